The van der Waals surface area contributed by atoms with E-state index in [0.717, 1.165) is 35.9 Å². The topological polar surface area (TPSA) is 12.4 Å². The molecule has 0 aliphatic heterocycles. The highest BCUT2D eigenvalue weighted by atomic mass is 14.7. The highest BCUT2D eigenvalue weighted by Crippen LogP contribution is 2.37. The molecule has 1 saturated carbocycles. The third-order valence-corrected chi connectivity index (χ3v) is 6.09. The average Bonchev–Trinajstić information content (AvgIpc) is 2.75. The maximum atomic E-state index is 4.67. The van der Waals surface area contributed by atoms with Gasteiger partial charge < -0.3 is 0 Å². The van der Waals surface area contributed by atoms with Gasteiger partial charge in [-0.15, -0.1) is 0 Å². The van der Waals surface area contributed by atoms with Crippen LogP contribution < -0.4 is 0 Å². The van der Waals surface area contributed by atoms with Crippen LogP contribution in [-0.4, -0.2) is 6.21 Å². The summed E-state index contributed by atoms with van der Waals surface area (Å²) in [6.45, 7) is 4.38. The third kappa shape index (κ3) is 6.19. The van der Waals surface area contributed by atoms with Crippen LogP contribution in [0.2, 0.25) is 0 Å². The van der Waals surface area contributed by atoms with Gasteiger partial charge >= 0.3 is 0 Å². The second-order valence-electron chi connectivity index (χ2n) is 8.21. The molecule has 2 aromatic rings. The zero-order valence-electron chi connectivity index (χ0n) is 17.6. The summed E-state index contributed by atoms with van der Waals surface area (Å²) >= 11 is 0. The van der Waals surface area contributed by atoms with Crippen molar-refractivity contribution in [1.82, 2.24) is 0 Å². The molecule has 0 unspecified atom stereocenters. The van der Waals surface area contributed by atoms with Gasteiger partial charge in [0.15, 0.2) is 0 Å². The molecule has 28 heavy (non-hydrogen) atoms. The maximum Gasteiger partial charge on any atom is 0.0630 e. The van der Waals surface area contributed by atoms with E-state index in [0.29, 0.717) is 0 Å². The van der Waals surface area contributed by atoms with Crippen molar-refractivity contribution in [2.75, 3.05) is 0 Å². The van der Waals surface area contributed by atoms with E-state index in [4.69, 9.17) is 0 Å². The van der Waals surface area contributed by atoms with E-state index < -0.39 is 0 Å². The molecule has 1 nitrogen and oxygen atoms in total. The van der Waals surface area contributed by atoms with E-state index in [9.17, 15) is 0 Å². The van der Waals surface area contributed by atoms with Crippen LogP contribution >= 0.6 is 0 Å². The number of hydrogen-bond acceptors (Lipinski definition) is 1. The summed E-state index contributed by atoms with van der Waals surface area (Å²) in [5.74, 6) is 1.72. The van der Waals surface area contributed by atoms with Crippen molar-refractivity contribution in [3.05, 3.63) is 77.4 Å². The van der Waals surface area contributed by atoms with Gasteiger partial charge in [0.05, 0.1) is 5.69 Å². The molecule has 1 fully saturated rings. The molecular formula is C27H35N. The van der Waals surface area contributed by atoms with Crippen molar-refractivity contribution < 1.29 is 0 Å². The van der Waals surface area contributed by atoms with Gasteiger partial charge in [-0.05, 0) is 86.1 Å². The maximum absolute atomic E-state index is 4.67. The van der Waals surface area contributed by atoms with Crippen molar-refractivity contribution in [2.45, 2.75) is 71.1 Å². The molecule has 0 N–H and O–H groups in total. The minimum atomic E-state index is 0.751. The first-order valence-electron chi connectivity index (χ1n) is 11.1. The number of aliphatic imine (C=N–C) groups is 1. The van der Waals surface area contributed by atoms with E-state index in [-0.39, 0.29) is 0 Å². The molecule has 0 saturated heterocycles. The zero-order valence-corrected chi connectivity index (χ0v) is 17.6. The Balaban J connectivity index is 1.52. The van der Waals surface area contributed by atoms with Crippen LogP contribution in [0.1, 0.15) is 81.4 Å². The first-order chi connectivity index (χ1) is 13.8. The van der Waals surface area contributed by atoms with Gasteiger partial charge in [0.1, 0.15) is 0 Å². The van der Waals surface area contributed by atoms with Crippen LogP contribution in [0.4, 0.5) is 5.69 Å². The summed E-state index contributed by atoms with van der Waals surface area (Å²) in [6, 6.07) is 17.7. The molecule has 2 aromatic carbocycles. The fourth-order valence-corrected chi connectivity index (χ4v) is 4.36. The molecule has 0 aromatic heterocycles. The number of hydrogen-bond donors (Lipinski definition) is 0. The van der Waals surface area contributed by atoms with Gasteiger partial charge in [-0.25, -0.2) is 0 Å². The lowest BCUT2D eigenvalue weighted by atomic mass is 9.77. The molecule has 0 heterocycles. The van der Waals surface area contributed by atoms with Crippen molar-refractivity contribution in [1.29, 1.82) is 0 Å². The number of allylic oxidation sites excluding steroid dienone is 2. The normalized spacial score (nSPS) is 20.2. The number of rotatable bonds is 8. The minimum Gasteiger partial charge on any atom is -0.256 e. The van der Waals surface area contributed by atoms with Crippen LogP contribution in [0.5, 0.6) is 0 Å². The number of aryl methyl sites for hydroxylation is 1. The molecule has 1 heteroatoms. The van der Waals surface area contributed by atoms with Crippen molar-refractivity contribution in [3.8, 4) is 0 Å². The summed E-state index contributed by atoms with van der Waals surface area (Å²) in [6.07, 6.45) is 16.8. The smallest absolute Gasteiger partial charge is 0.0630 e. The van der Waals surface area contributed by atoms with E-state index in [2.05, 4.69) is 79.5 Å². The molecule has 0 spiro atoms. The number of nitrogens with zero attached hydrogens (tertiary/aromatic N) is 1. The lowest BCUT2D eigenvalue weighted by Gasteiger charge is -2.28. The Kier molecular flexibility index (Phi) is 8.08. The summed E-state index contributed by atoms with van der Waals surface area (Å²) in [5.41, 5.74) is 5.08. The highest BCUT2D eigenvalue weighted by Gasteiger charge is 2.21. The Morgan fingerprint density at radius 3 is 2.29 bits per heavy atom. The average molecular weight is 374 g/mol. The van der Waals surface area contributed by atoms with Gasteiger partial charge in [0, 0.05) is 6.21 Å². The molecule has 1 aliphatic rings. The van der Waals surface area contributed by atoms with Gasteiger partial charge in [-0.2, -0.15) is 0 Å². The van der Waals surface area contributed by atoms with Crippen LogP contribution in [0.25, 0.3) is 0 Å². The molecule has 1 aliphatic carbocycles. The highest BCUT2D eigenvalue weighted by molar-refractivity contribution is 5.81. The molecule has 0 amide bonds. The lowest BCUT2D eigenvalue weighted by molar-refractivity contribution is 0.308. The van der Waals surface area contributed by atoms with Gasteiger partial charge in [0.25, 0.3) is 0 Å². The fourth-order valence-electron chi connectivity index (χ4n) is 4.36. The summed E-state index contributed by atoms with van der Waals surface area (Å²) in [5, 5.41) is 0. The monoisotopic (exact) mass is 373 g/mol. The molecule has 0 radical (unpaired) electrons. The van der Waals surface area contributed by atoms with Crippen molar-refractivity contribution >= 4 is 11.9 Å². The van der Waals surface area contributed by atoms with E-state index >= 15 is 0 Å². The Morgan fingerprint density at radius 1 is 0.929 bits per heavy atom. The van der Waals surface area contributed by atoms with E-state index in [1.165, 1.54) is 49.7 Å². The Labute approximate surface area is 171 Å². The zero-order chi connectivity index (χ0) is 19.6. The predicted octanol–water partition coefficient (Wildman–Crippen LogP) is 8.02. The first-order valence-corrected chi connectivity index (χ1v) is 11.1. The standard InChI is InChI=1S/C27H35N/c1-3-5-6-8-23-9-11-24(12-10-23)21-28-27-19-17-26(18-20-27)25-15-13-22(7-4-2)14-16-25/h3,5,9-12,17-22,25H,4,6-8,13-16H2,1-2H3/b5-3+,28-21?. The Morgan fingerprint density at radius 2 is 1.64 bits per heavy atom. The minimum absolute atomic E-state index is 0.751. The molecule has 148 valence electrons. The van der Waals surface area contributed by atoms with E-state index in [1.807, 2.05) is 6.21 Å². The third-order valence-electron chi connectivity index (χ3n) is 6.09. The lowest BCUT2D eigenvalue weighted by Crippen LogP contribution is -2.13. The van der Waals surface area contributed by atoms with Crippen molar-refractivity contribution in [3.63, 3.8) is 0 Å². The molecule has 0 atom stereocenters. The predicted molar refractivity (Wildman–Crippen MR) is 123 cm³/mol. The largest absolute Gasteiger partial charge is 0.256 e. The van der Waals surface area contributed by atoms with Gasteiger partial charge in [-0.1, -0.05) is 68.3 Å². The first kappa shape index (κ1) is 20.6. The van der Waals surface area contributed by atoms with Crippen LogP contribution in [0.3, 0.4) is 0 Å². The van der Waals surface area contributed by atoms with E-state index in [1.54, 1.807) is 0 Å². The van der Waals surface area contributed by atoms with Crippen molar-refractivity contribution in [2.24, 2.45) is 10.9 Å². The van der Waals surface area contributed by atoms with Gasteiger partial charge in [-0.3, -0.25) is 4.99 Å². The summed E-state index contributed by atoms with van der Waals surface area (Å²) in [7, 11) is 0. The van der Waals surface area contributed by atoms with Gasteiger partial charge in [0.2, 0.25) is 0 Å². The molecule has 3 rings (SSSR count). The quantitative estimate of drug-likeness (QED) is 0.328. The second-order valence-corrected chi connectivity index (χ2v) is 8.21. The van der Waals surface area contributed by atoms with Crippen LogP contribution in [0.15, 0.2) is 65.7 Å². The molecular weight excluding hydrogens is 338 g/mol. The Hall–Kier alpha value is -2.15. The fraction of sp³-hybridized carbons (Fsp3) is 0.444. The summed E-state index contributed by atoms with van der Waals surface area (Å²) < 4.78 is 0. The SMILES string of the molecule is C/C=C/CCc1ccc(C=Nc2ccc(C3CCC(CCC)CC3)cc2)cc1. The number of benzene rings is 2. The Bertz CT molecular complexity index is 744. The van der Waals surface area contributed by atoms with Crippen LogP contribution in [-0.2, 0) is 6.42 Å². The second kappa shape index (κ2) is 11.0. The molecule has 0 bridgehead atoms. The van der Waals surface area contributed by atoms with Crippen LogP contribution in [0, 0.1) is 5.92 Å². The summed E-state index contributed by atoms with van der Waals surface area (Å²) in [4.78, 5) is 4.67.